The van der Waals surface area contributed by atoms with Crippen molar-refractivity contribution < 1.29 is 12.8 Å². The van der Waals surface area contributed by atoms with Gasteiger partial charge in [0.05, 0.1) is 4.90 Å². The van der Waals surface area contributed by atoms with E-state index in [1.54, 1.807) is 24.3 Å². The van der Waals surface area contributed by atoms with Crippen LogP contribution in [-0.2, 0) is 9.84 Å². The van der Waals surface area contributed by atoms with Crippen molar-refractivity contribution in [3.05, 3.63) is 54.0 Å². The van der Waals surface area contributed by atoms with E-state index >= 15 is 0 Å². The van der Waals surface area contributed by atoms with Crippen molar-refractivity contribution in [3.8, 4) is 0 Å². The maximum Gasteiger partial charge on any atom is 0.175 e. The van der Waals surface area contributed by atoms with E-state index in [4.69, 9.17) is 0 Å². The Bertz CT molecular complexity index is 944. The smallest absolute Gasteiger partial charge is 0.175 e. The van der Waals surface area contributed by atoms with Crippen molar-refractivity contribution in [1.82, 2.24) is 4.98 Å². The van der Waals surface area contributed by atoms with Gasteiger partial charge in [-0.15, -0.1) is 0 Å². The number of rotatable bonds is 3. The van der Waals surface area contributed by atoms with E-state index in [2.05, 4.69) is 4.98 Å². The van der Waals surface area contributed by atoms with Gasteiger partial charge in [-0.05, 0) is 49.4 Å². The lowest BCUT2D eigenvalue weighted by Crippen LogP contribution is -1.97. The predicted octanol–water partition coefficient (Wildman–Crippen LogP) is 4.17. The van der Waals surface area contributed by atoms with Crippen LogP contribution >= 0.6 is 11.8 Å². The van der Waals surface area contributed by atoms with Crippen molar-refractivity contribution >= 4 is 32.5 Å². The minimum absolute atomic E-state index is 0.270. The number of hydrogen-bond donors (Lipinski definition) is 1. The van der Waals surface area contributed by atoms with Crippen LogP contribution in [0.5, 0.6) is 0 Å². The van der Waals surface area contributed by atoms with Crippen LogP contribution in [0.2, 0.25) is 0 Å². The van der Waals surface area contributed by atoms with E-state index in [1.807, 2.05) is 13.0 Å². The molecule has 0 unspecified atom stereocenters. The van der Waals surface area contributed by atoms with Crippen LogP contribution in [0.1, 0.15) is 5.69 Å². The molecule has 0 amide bonds. The summed E-state index contributed by atoms with van der Waals surface area (Å²) in [6.45, 7) is 1.92. The van der Waals surface area contributed by atoms with E-state index in [9.17, 15) is 12.8 Å². The minimum atomic E-state index is -3.30. The fraction of sp³-hybridized carbons (Fsp3) is 0.125. The molecule has 0 bridgehead atoms. The standard InChI is InChI=1S/C16H14FNO2S2/c1-10-7-14-15(18-10)8-13(22(2,19)20)9-16(14)21-12-5-3-11(17)4-6-12/h3-9,18H,1-2H3. The van der Waals surface area contributed by atoms with Crippen molar-refractivity contribution in [2.45, 2.75) is 21.6 Å². The number of hydrogen-bond acceptors (Lipinski definition) is 3. The van der Waals surface area contributed by atoms with Gasteiger partial charge in [-0.3, -0.25) is 0 Å². The number of halogens is 1. The molecule has 3 aromatic rings. The fourth-order valence-corrected chi connectivity index (χ4v) is 3.98. The maximum atomic E-state index is 13.0. The molecule has 2 aromatic carbocycles. The van der Waals surface area contributed by atoms with E-state index in [1.165, 1.54) is 30.2 Å². The lowest BCUT2D eigenvalue weighted by Gasteiger charge is -2.07. The predicted molar refractivity (Wildman–Crippen MR) is 86.7 cm³/mol. The Hall–Kier alpha value is -1.79. The molecule has 1 heterocycles. The van der Waals surface area contributed by atoms with Gasteiger partial charge in [-0.2, -0.15) is 0 Å². The van der Waals surface area contributed by atoms with Crippen LogP contribution in [0.25, 0.3) is 10.9 Å². The SMILES string of the molecule is Cc1cc2c(Sc3ccc(F)cc3)cc(S(C)(=O)=O)cc2[nH]1. The zero-order chi connectivity index (χ0) is 15.9. The molecular weight excluding hydrogens is 321 g/mol. The average Bonchev–Trinajstić information content (AvgIpc) is 2.81. The monoisotopic (exact) mass is 335 g/mol. The highest BCUT2D eigenvalue weighted by atomic mass is 32.2. The van der Waals surface area contributed by atoms with Gasteiger partial charge in [0.15, 0.2) is 9.84 Å². The molecule has 0 atom stereocenters. The Morgan fingerprint density at radius 3 is 2.41 bits per heavy atom. The lowest BCUT2D eigenvalue weighted by atomic mass is 10.2. The number of benzene rings is 2. The van der Waals surface area contributed by atoms with Gasteiger partial charge in [0.25, 0.3) is 0 Å². The van der Waals surface area contributed by atoms with E-state index < -0.39 is 9.84 Å². The Balaban J connectivity index is 2.16. The third-order valence-electron chi connectivity index (χ3n) is 3.28. The van der Waals surface area contributed by atoms with E-state index in [0.29, 0.717) is 0 Å². The van der Waals surface area contributed by atoms with Gasteiger partial charge in [-0.25, -0.2) is 12.8 Å². The van der Waals surface area contributed by atoms with Crippen molar-refractivity contribution in [3.63, 3.8) is 0 Å². The van der Waals surface area contributed by atoms with Gasteiger partial charge in [0.1, 0.15) is 5.82 Å². The summed E-state index contributed by atoms with van der Waals surface area (Å²) in [6, 6.07) is 11.4. The molecule has 1 aromatic heterocycles. The largest absolute Gasteiger partial charge is 0.359 e. The molecule has 0 aliphatic rings. The summed E-state index contributed by atoms with van der Waals surface area (Å²) in [6.07, 6.45) is 1.19. The first-order chi connectivity index (χ1) is 10.3. The van der Waals surface area contributed by atoms with Crippen molar-refractivity contribution in [2.24, 2.45) is 0 Å². The summed E-state index contributed by atoms with van der Waals surface area (Å²) in [5, 5.41) is 0.958. The quantitative estimate of drug-likeness (QED) is 0.781. The molecule has 6 heteroatoms. The summed E-state index contributed by atoms with van der Waals surface area (Å²) in [5.41, 5.74) is 1.74. The molecule has 3 nitrogen and oxygen atoms in total. The summed E-state index contributed by atoms with van der Waals surface area (Å²) in [5.74, 6) is -0.295. The average molecular weight is 335 g/mol. The van der Waals surface area contributed by atoms with Crippen LogP contribution < -0.4 is 0 Å². The molecule has 0 radical (unpaired) electrons. The first-order valence-electron chi connectivity index (χ1n) is 6.60. The molecule has 0 saturated heterocycles. The second kappa shape index (κ2) is 5.44. The zero-order valence-corrected chi connectivity index (χ0v) is 13.7. The first-order valence-corrected chi connectivity index (χ1v) is 9.30. The number of aryl methyl sites for hydroxylation is 1. The minimum Gasteiger partial charge on any atom is -0.359 e. The van der Waals surface area contributed by atoms with Crippen LogP contribution in [0.4, 0.5) is 4.39 Å². The summed E-state index contributed by atoms with van der Waals surface area (Å²) in [4.78, 5) is 5.12. The molecule has 0 fully saturated rings. The van der Waals surface area contributed by atoms with Gasteiger partial charge < -0.3 is 4.98 Å². The molecule has 0 saturated carbocycles. The Morgan fingerprint density at radius 2 is 1.77 bits per heavy atom. The summed E-state index contributed by atoms with van der Waals surface area (Å²) < 4.78 is 36.7. The van der Waals surface area contributed by atoms with Crippen molar-refractivity contribution in [2.75, 3.05) is 6.26 Å². The normalized spacial score (nSPS) is 12.0. The number of nitrogens with one attached hydrogen (secondary N) is 1. The number of aromatic amines is 1. The maximum absolute atomic E-state index is 13.0. The van der Waals surface area contributed by atoms with Crippen LogP contribution in [0, 0.1) is 12.7 Å². The van der Waals surface area contributed by atoms with Crippen LogP contribution in [0.3, 0.4) is 0 Å². The molecular formula is C16H14FNO2S2. The number of sulfone groups is 1. The van der Waals surface area contributed by atoms with Crippen molar-refractivity contribution in [1.29, 1.82) is 0 Å². The molecule has 3 rings (SSSR count). The van der Waals surface area contributed by atoms with Crippen LogP contribution in [-0.4, -0.2) is 19.7 Å². The van der Waals surface area contributed by atoms with Gasteiger partial charge in [0.2, 0.25) is 0 Å². The van der Waals surface area contributed by atoms with Gasteiger partial charge in [-0.1, -0.05) is 11.8 Å². The highest BCUT2D eigenvalue weighted by Crippen LogP contribution is 2.36. The summed E-state index contributed by atoms with van der Waals surface area (Å²) >= 11 is 1.42. The molecule has 114 valence electrons. The second-order valence-corrected chi connectivity index (χ2v) is 8.29. The van der Waals surface area contributed by atoms with Gasteiger partial charge in [0, 0.05) is 32.6 Å². The Kier molecular flexibility index (Phi) is 3.74. The third-order valence-corrected chi connectivity index (χ3v) is 5.44. The van der Waals surface area contributed by atoms with Gasteiger partial charge >= 0.3 is 0 Å². The van der Waals surface area contributed by atoms with Crippen LogP contribution in [0.15, 0.2) is 57.2 Å². The molecule has 0 spiro atoms. The third kappa shape index (κ3) is 3.03. The molecule has 1 N–H and O–H groups in total. The Morgan fingerprint density at radius 1 is 1.09 bits per heavy atom. The molecule has 0 aliphatic carbocycles. The number of H-pyrrole nitrogens is 1. The lowest BCUT2D eigenvalue weighted by molar-refractivity contribution is 0.602. The first kappa shape index (κ1) is 15.1. The van der Waals surface area contributed by atoms with E-state index in [0.717, 1.165) is 26.4 Å². The summed E-state index contributed by atoms with van der Waals surface area (Å²) in [7, 11) is -3.30. The van der Waals surface area contributed by atoms with E-state index in [-0.39, 0.29) is 10.7 Å². The second-order valence-electron chi connectivity index (χ2n) is 5.16. The number of fused-ring (bicyclic) bond motifs is 1. The number of aromatic nitrogens is 1. The fourth-order valence-electron chi connectivity index (χ4n) is 2.25. The zero-order valence-electron chi connectivity index (χ0n) is 12.1. The highest BCUT2D eigenvalue weighted by molar-refractivity contribution is 7.99. The molecule has 0 aliphatic heterocycles. The topological polar surface area (TPSA) is 49.9 Å². The highest BCUT2D eigenvalue weighted by Gasteiger charge is 2.14. The molecule has 22 heavy (non-hydrogen) atoms. The Labute approximate surface area is 132 Å².